The summed E-state index contributed by atoms with van der Waals surface area (Å²) in [5.41, 5.74) is 0.894. The summed E-state index contributed by atoms with van der Waals surface area (Å²) in [6.07, 6.45) is 6.73. The molecule has 1 N–H and O–H groups in total. The van der Waals surface area contributed by atoms with Crippen molar-refractivity contribution in [3.05, 3.63) is 60.8 Å². The molecule has 1 aliphatic rings. The molecule has 3 aromatic rings. The van der Waals surface area contributed by atoms with Crippen LogP contribution in [0.15, 0.2) is 60.8 Å². The summed E-state index contributed by atoms with van der Waals surface area (Å²) in [6, 6.07) is 17.5. The quantitative estimate of drug-likeness (QED) is 0.705. The van der Waals surface area contributed by atoms with Crippen LogP contribution in [0.3, 0.4) is 0 Å². The second kappa shape index (κ2) is 8.49. The Kier molecular flexibility index (Phi) is 5.43. The molecule has 6 nitrogen and oxygen atoms in total. The molecule has 1 saturated heterocycles. The molecule has 0 radical (unpaired) electrons. The molecule has 1 fully saturated rings. The molecule has 138 valence electrons. The largest absolute Gasteiger partial charge is 0.457 e. The highest BCUT2D eigenvalue weighted by Gasteiger charge is 2.12. The molecule has 27 heavy (non-hydrogen) atoms. The van der Waals surface area contributed by atoms with E-state index in [1.54, 1.807) is 6.20 Å². The molecule has 2 aromatic carbocycles. The number of nitrogens with zero attached hydrogens (tertiary/aromatic N) is 4. The first-order chi connectivity index (χ1) is 13.4. The zero-order chi connectivity index (χ0) is 18.3. The van der Waals surface area contributed by atoms with E-state index >= 15 is 0 Å². The first-order valence-corrected chi connectivity index (χ1v) is 9.41. The number of benzene rings is 2. The number of hydrogen-bond acceptors (Lipinski definition) is 6. The Labute approximate surface area is 159 Å². The minimum absolute atomic E-state index is 0.508. The second-order valence-corrected chi connectivity index (χ2v) is 6.60. The summed E-state index contributed by atoms with van der Waals surface area (Å²) >= 11 is 0. The summed E-state index contributed by atoms with van der Waals surface area (Å²) in [7, 11) is 0. The normalized spacial score (nSPS) is 14.4. The number of para-hydroxylation sites is 1. The number of anilines is 3. The minimum atomic E-state index is 0.508. The standard InChI is InChI=1S/C21H23N5O/c1-2-7-15-26(14-6-1)20-16-22-25-21(24-20)23-17-10-12-19(13-11-17)27-18-8-4-3-5-9-18/h3-5,8-13,16H,1-2,6-7,14-15H2,(H,23,24,25). The third-order valence-electron chi connectivity index (χ3n) is 4.57. The van der Waals surface area contributed by atoms with E-state index in [2.05, 4.69) is 25.4 Å². The van der Waals surface area contributed by atoms with Crippen LogP contribution < -0.4 is 15.0 Å². The maximum absolute atomic E-state index is 5.82. The second-order valence-electron chi connectivity index (χ2n) is 6.60. The maximum atomic E-state index is 5.82. The average Bonchev–Trinajstić information content (AvgIpc) is 3.00. The average molecular weight is 361 g/mol. The zero-order valence-corrected chi connectivity index (χ0v) is 15.2. The van der Waals surface area contributed by atoms with Crippen molar-refractivity contribution in [1.82, 2.24) is 15.2 Å². The van der Waals surface area contributed by atoms with E-state index in [0.717, 1.165) is 36.1 Å². The van der Waals surface area contributed by atoms with Gasteiger partial charge in [0.25, 0.3) is 0 Å². The maximum Gasteiger partial charge on any atom is 0.249 e. The van der Waals surface area contributed by atoms with Gasteiger partial charge in [-0.05, 0) is 49.2 Å². The molecule has 0 bridgehead atoms. The Bertz CT molecular complexity index is 846. The van der Waals surface area contributed by atoms with Crippen molar-refractivity contribution in [3.8, 4) is 11.5 Å². The van der Waals surface area contributed by atoms with Gasteiger partial charge >= 0.3 is 0 Å². The van der Waals surface area contributed by atoms with Gasteiger partial charge in [0.2, 0.25) is 5.95 Å². The zero-order valence-electron chi connectivity index (χ0n) is 15.2. The topological polar surface area (TPSA) is 63.2 Å². The van der Waals surface area contributed by atoms with Crippen molar-refractivity contribution in [3.63, 3.8) is 0 Å². The van der Waals surface area contributed by atoms with E-state index < -0.39 is 0 Å². The first kappa shape index (κ1) is 17.3. The number of ether oxygens (including phenoxy) is 1. The fourth-order valence-corrected chi connectivity index (χ4v) is 3.16. The highest BCUT2D eigenvalue weighted by molar-refractivity contribution is 5.55. The number of rotatable bonds is 5. The molecular formula is C21H23N5O. The summed E-state index contributed by atoms with van der Waals surface area (Å²) in [5, 5.41) is 11.5. The Morgan fingerprint density at radius 1 is 0.815 bits per heavy atom. The fourth-order valence-electron chi connectivity index (χ4n) is 3.16. The Morgan fingerprint density at radius 2 is 1.52 bits per heavy atom. The molecule has 0 amide bonds. The molecule has 2 heterocycles. The van der Waals surface area contributed by atoms with E-state index in [-0.39, 0.29) is 0 Å². The van der Waals surface area contributed by atoms with Gasteiger partial charge in [-0.15, -0.1) is 5.10 Å². The van der Waals surface area contributed by atoms with Gasteiger partial charge in [-0.1, -0.05) is 31.0 Å². The van der Waals surface area contributed by atoms with E-state index in [1.807, 2.05) is 54.6 Å². The predicted molar refractivity (Wildman–Crippen MR) is 107 cm³/mol. The van der Waals surface area contributed by atoms with Crippen molar-refractivity contribution < 1.29 is 4.74 Å². The van der Waals surface area contributed by atoms with Crippen molar-refractivity contribution in [1.29, 1.82) is 0 Å². The van der Waals surface area contributed by atoms with Crippen molar-refractivity contribution in [2.45, 2.75) is 25.7 Å². The van der Waals surface area contributed by atoms with Crippen LogP contribution in [0.1, 0.15) is 25.7 Å². The summed E-state index contributed by atoms with van der Waals surface area (Å²) in [5.74, 6) is 2.99. The Balaban J connectivity index is 1.42. The monoisotopic (exact) mass is 361 g/mol. The van der Waals surface area contributed by atoms with Gasteiger partial charge in [0.15, 0.2) is 5.82 Å². The van der Waals surface area contributed by atoms with Gasteiger partial charge in [-0.3, -0.25) is 0 Å². The number of aromatic nitrogens is 3. The predicted octanol–water partition coefficient (Wildman–Crippen LogP) is 4.79. The third kappa shape index (κ3) is 4.73. The molecule has 6 heteroatoms. The van der Waals surface area contributed by atoms with Gasteiger partial charge in [0, 0.05) is 18.8 Å². The SMILES string of the molecule is c1ccc(Oc2ccc(Nc3nncc(N4CCCCCC4)n3)cc2)cc1. The van der Waals surface area contributed by atoms with Crippen molar-refractivity contribution in [2.24, 2.45) is 0 Å². The highest BCUT2D eigenvalue weighted by atomic mass is 16.5. The van der Waals surface area contributed by atoms with Gasteiger partial charge in [-0.2, -0.15) is 10.1 Å². The lowest BCUT2D eigenvalue weighted by molar-refractivity contribution is 0.483. The minimum Gasteiger partial charge on any atom is -0.457 e. The van der Waals surface area contributed by atoms with Crippen LogP contribution in [0.2, 0.25) is 0 Å². The van der Waals surface area contributed by atoms with E-state index in [9.17, 15) is 0 Å². The highest BCUT2D eigenvalue weighted by Crippen LogP contribution is 2.24. The van der Waals surface area contributed by atoms with Gasteiger partial charge in [0.05, 0.1) is 6.20 Å². The van der Waals surface area contributed by atoms with E-state index in [0.29, 0.717) is 5.95 Å². The van der Waals surface area contributed by atoms with E-state index in [4.69, 9.17) is 4.74 Å². The summed E-state index contributed by atoms with van der Waals surface area (Å²) in [4.78, 5) is 6.93. The Morgan fingerprint density at radius 3 is 2.26 bits per heavy atom. The van der Waals surface area contributed by atoms with Crippen LogP contribution in [0.25, 0.3) is 0 Å². The molecule has 1 aromatic heterocycles. The molecular weight excluding hydrogens is 338 g/mol. The number of nitrogens with one attached hydrogen (secondary N) is 1. The summed E-state index contributed by atoms with van der Waals surface area (Å²) < 4.78 is 5.82. The first-order valence-electron chi connectivity index (χ1n) is 9.41. The van der Waals surface area contributed by atoms with Gasteiger partial charge in [-0.25, -0.2) is 0 Å². The van der Waals surface area contributed by atoms with Crippen LogP contribution >= 0.6 is 0 Å². The lowest BCUT2D eigenvalue weighted by Crippen LogP contribution is -2.25. The van der Waals surface area contributed by atoms with Crippen LogP contribution in [0.4, 0.5) is 17.5 Å². The Hall–Kier alpha value is -3.15. The van der Waals surface area contributed by atoms with Crippen molar-refractivity contribution in [2.75, 3.05) is 23.3 Å². The van der Waals surface area contributed by atoms with Crippen LogP contribution in [-0.2, 0) is 0 Å². The molecule has 0 unspecified atom stereocenters. The molecule has 1 aliphatic heterocycles. The van der Waals surface area contributed by atoms with Crippen LogP contribution in [0, 0.1) is 0 Å². The fraction of sp³-hybridized carbons (Fsp3) is 0.286. The van der Waals surface area contributed by atoms with Crippen molar-refractivity contribution >= 4 is 17.5 Å². The van der Waals surface area contributed by atoms with Crippen LogP contribution in [-0.4, -0.2) is 28.3 Å². The lowest BCUT2D eigenvalue weighted by atomic mass is 10.2. The smallest absolute Gasteiger partial charge is 0.249 e. The molecule has 0 aliphatic carbocycles. The molecule has 0 saturated carbocycles. The third-order valence-corrected chi connectivity index (χ3v) is 4.57. The van der Waals surface area contributed by atoms with E-state index in [1.165, 1.54) is 25.7 Å². The molecule has 0 spiro atoms. The molecule has 0 atom stereocenters. The number of hydrogen-bond donors (Lipinski definition) is 1. The van der Waals surface area contributed by atoms with Gasteiger partial charge < -0.3 is 15.0 Å². The lowest BCUT2D eigenvalue weighted by Gasteiger charge is -2.20. The molecule has 4 rings (SSSR count). The summed E-state index contributed by atoms with van der Waals surface area (Å²) in [6.45, 7) is 2.06. The van der Waals surface area contributed by atoms with Gasteiger partial charge in [0.1, 0.15) is 11.5 Å². The van der Waals surface area contributed by atoms with Crippen LogP contribution in [0.5, 0.6) is 11.5 Å².